The van der Waals surface area contributed by atoms with Crippen LogP contribution in [-0.2, 0) is 16.1 Å². The monoisotopic (exact) mass is 290 g/mol. The number of hydrogen-bond donors (Lipinski definition) is 3. The predicted octanol–water partition coefficient (Wildman–Crippen LogP) is 0.166. The van der Waals surface area contributed by atoms with Crippen LogP contribution >= 0.6 is 0 Å². The summed E-state index contributed by atoms with van der Waals surface area (Å²) in [6.45, 7) is 6.15. The van der Waals surface area contributed by atoms with Gasteiger partial charge in [0.1, 0.15) is 0 Å². The fourth-order valence-electron chi connectivity index (χ4n) is 2.24. The maximum atomic E-state index is 11.9. The molecular formula is C15H22N4O2. The van der Waals surface area contributed by atoms with Gasteiger partial charge in [-0.25, -0.2) is 0 Å². The lowest BCUT2D eigenvalue weighted by molar-refractivity contribution is -0.122. The van der Waals surface area contributed by atoms with E-state index >= 15 is 0 Å². The molecule has 6 heteroatoms. The minimum absolute atomic E-state index is 0.0443. The third-order valence-electron chi connectivity index (χ3n) is 3.34. The van der Waals surface area contributed by atoms with Gasteiger partial charge in [-0.2, -0.15) is 0 Å². The van der Waals surface area contributed by atoms with Crippen LogP contribution < -0.4 is 16.0 Å². The highest BCUT2D eigenvalue weighted by Crippen LogP contribution is 2.09. The summed E-state index contributed by atoms with van der Waals surface area (Å²) < 4.78 is 0. The highest BCUT2D eigenvalue weighted by molar-refractivity contribution is 5.88. The van der Waals surface area contributed by atoms with Gasteiger partial charge in [-0.05, 0) is 17.7 Å². The second-order valence-corrected chi connectivity index (χ2v) is 5.18. The van der Waals surface area contributed by atoms with Crippen molar-refractivity contribution in [3.63, 3.8) is 0 Å². The van der Waals surface area contributed by atoms with Crippen LogP contribution in [0.15, 0.2) is 24.3 Å². The zero-order valence-corrected chi connectivity index (χ0v) is 12.3. The number of anilines is 1. The Balaban J connectivity index is 1.74. The Bertz CT molecular complexity index is 481. The number of nitrogens with one attached hydrogen (secondary N) is 3. The fraction of sp³-hybridized carbons (Fsp3) is 0.467. The number of carbonyl (C=O) groups excluding carboxylic acids is 2. The Hall–Kier alpha value is -1.92. The maximum absolute atomic E-state index is 11.9. The van der Waals surface area contributed by atoms with E-state index in [2.05, 4.69) is 20.9 Å². The van der Waals surface area contributed by atoms with Crippen LogP contribution in [0.5, 0.6) is 0 Å². The summed E-state index contributed by atoms with van der Waals surface area (Å²) in [4.78, 5) is 24.9. The van der Waals surface area contributed by atoms with Gasteiger partial charge < -0.3 is 16.0 Å². The number of piperazine rings is 1. The molecular weight excluding hydrogens is 268 g/mol. The van der Waals surface area contributed by atoms with Gasteiger partial charge in [-0.15, -0.1) is 0 Å². The highest BCUT2D eigenvalue weighted by atomic mass is 16.2. The molecule has 2 amide bonds. The molecule has 6 nitrogen and oxygen atoms in total. The molecule has 1 aliphatic rings. The predicted molar refractivity (Wildman–Crippen MR) is 81.9 cm³/mol. The minimum Gasteiger partial charge on any atom is -0.351 e. The first-order valence-corrected chi connectivity index (χ1v) is 7.20. The van der Waals surface area contributed by atoms with Crippen molar-refractivity contribution in [3.8, 4) is 0 Å². The number of rotatable bonds is 5. The van der Waals surface area contributed by atoms with Crippen LogP contribution in [0.2, 0.25) is 0 Å². The molecule has 0 spiro atoms. The van der Waals surface area contributed by atoms with Gasteiger partial charge in [0.2, 0.25) is 11.8 Å². The number of benzene rings is 1. The Morgan fingerprint density at radius 2 is 1.86 bits per heavy atom. The summed E-state index contributed by atoms with van der Waals surface area (Å²) in [5.41, 5.74) is 1.77. The van der Waals surface area contributed by atoms with E-state index in [-0.39, 0.29) is 11.8 Å². The topological polar surface area (TPSA) is 73.5 Å². The number of nitrogens with zero attached hydrogens (tertiary/aromatic N) is 1. The van der Waals surface area contributed by atoms with Gasteiger partial charge in [0.15, 0.2) is 0 Å². The smallest absolute Gasteiger partial charge is 0.234 e. The summed E-state index contributed by atoms with van der Waals surface area (Å²) in [6, 6.07) is 7.46. The Labute approximate surface area is 124 Å². The number of amides is 2. The molecule has 21 heavy (non-hydrogen) atoms. The molecule has 1 heterocycles. The third kappa shape index (κ3) is 5.53. The minimum atomic E-state index is -0.0907. The van der Waals surface area contributed by atoms with Crippen molar-refractivity contribution in [2.75, 3.05) is 38.0 Å². The van der Waals surface area contributed by atoms with Crippen LogP contribution in [0.25, 0.3) is 0 Å². The summed E-state index contributed by atoms with van der Waals surface area (Å²) in [5.74, 6) is -0.0464. The molecule has 0 saturated carbocycles. The van der Waals surface area contributed by atoms with Gasteiger partial charge in [-0.1, -0.05) is 12.1 Å². The van der Waals surface area contributed by atoms with Crippen LogP contribution in [0, 0.1) is 0 Å². The quantitative estimate of drug-likeness (QED) is 0.722. The van der Waals surface area contributed by atoms with Crippen molar-refractivity contribution in [2.24, 2.45) is 0 Å². The van der Waals surface area contributed by atoms with Crippen LogP contribution in [0.1, 0.15) is 12.5 Å². The fourth-order valence-corrected chi connectivity index (χ4v) is 2.24. The lowest BCUT2D eigenvalue weighted by atomic mass is 10.2. The summed E-state index contributed by atoms with van der Waals surface area (Å²) >= 11 is 0. The SMILES string of the molecule is CC(=O)Nc1ccc(CNC(=O)CN2CCNCC2)cc1. The Morgan fingerprint density at radius 1 is 1.19 bits per heavy atom. The van der Waals surface area contributed by atoms with Gasteiger partial charge in [0, 0.05) is 45.3 Å². The van der Waals surface area contributed by atoms with Crippen molar-refractivity contribution < 1.29 is 9.59 Å². The highest BCUT2D eigenvalue weighted by Gasteiger charge is 2.12. The van der Waals surface area contributed by atoms with Crippen molar-refractivity contribution in [2.45, 2.75) is 13.5 Å². The van der Waals surface area contributed by atoms with Crippen LogP contribution in [-0.4, -0.2) is 49.4 Å². The van der Waals surface area contributed by atoms with Gasteiger partial charge in [-0.3, -0.25) is 14.5 Å². The van der Waals surface area contributed by atoms with E-state index in [4.69, 9.17) is 0 Å². The lowest BCUT2D eigenvalue weighted by Gasteiger charge is -2.26. The molecule has 1 aromatic rings. The standard InChI is InChI=1S/C15H22N4O2/c1-12(20)18-14-4-2-13(3-5-14)10-17-15(21)11-19-8-6-16-7-9-19/h2-5,16H,6-11H2,1H3,(H,17,21)(H,18,20). The van der Waals surface area contributed by atoms with E-state index in [0.717, 1.165) is 37.4 Å². The van der Waals surface area contributed by atoms with Crippen molar-refractivity contribution in [1.29, 1.82) is 0 Å². The van der Waals surface area contributed by atoms with Crippen LogP contribution in [0.3, 0.4) is 0 Å². The average Bonchev–Trinajstić information content (AvgIpc) is 2.47. The molecule has 0 aliphatic carbocycles. The Morgan fingerprint density at radius 3 is 2.48 bits per heavy atom. The maximum Gasteiger partial charge on any atom is 0.234 e. The molecule has 0 radical (unpaired) electrons. The van der Waals surface area contributed by atoms with Gasteiger partial charge in [0.05, 0.1) is 6.54 Å². The Kier molecular flexibility index (Phi) is 5.71. The molecule has 0 bridgehead atoms. The molecule has 1 aromatic carbocycles. The largest absolute Gasteiger partial charge is 0.351 e. The van der Waals surface area contributed by atoms with E-state index < -0.39 is 0 Å². The molecule has 1 aliphatic heterocycles. The van der Waals surface area contributed by atoms with E-state index in [1.54, 1.807) is 0 Å². The first-order chi connectivity index (χ1) is 10.1. The van der Waals surface area contributed by atoms with Crippen molar-refractivity contribution >= 4 is 17.5 Å². The zero-order valence-electron chi connectivity index (χ0n) is 12.3. The number of carbonyl (C=O) groups is 2. The molecule has 0 unspecified atom stereocenters. The van der Waals surface area contributed by atoms with Crippen molar-refractivity contribution in [3.05, 3.63) is 29.8 Å². The summed E-state index contributed by atoms with van der Waals surface area (Å²) in [5, 5.41) is 8.89. The first kappa shape index (κ1) is 15.5. The van der Waals surface area contributed by atoms with Crippen LogP contribution in [0.4, 0.5) is 5.69 Å². The average molecular weight is 290 g/mol. The second-order valence-electron chi connectivity index (χ2n) is 5.18. The van der Waals surface area contributed by atoms with E-state index in [1.165, 1.54) is 6.92 Å². The zero-order chi connectivity index (χ0) is 15.1. The van der Waals surface area contributed by atoms with E-state index in [1.807, 2.05) is 24.3 Å². The van der Waals surface area contributed by atoms with Gasteiger partial charge >= 0.3 is 0 Å². The number of hydrogen-bond acceptors (Lipinski definition) is 4. The van der Waals surface area contributed by atoms with E-state index in [9.17, 15) is 9.59 Å². The summed E-state index contributed by atoms with van der Waals surface area (Å²) in [6.07, 6.45) is 0. The molecule has 1 fully saturated rings. The normalized spacial score (nSPS) is 15.5. The molecule has 1 saturated heterocycles. The second kappa shape index (κ2) is 7.75. The van der Waals surface area contributed by atoms with Gasteiger partial charge in [0.25, 0.3) is 0 Å². The molecule has 0 aromatic heterocycles. The molecule has 0 atom stereocenters. The van der Waals surface area contributed by atoms with E-state index in [0.29, 0.717) is 13.1 Å². The molecule has 114 valence electrons. The lowest BCUT2D eigenvalue weighted by Crippen LogP contribution is -2.47. The molecule has 2 rings (SSSR count). The summed E-state index contributed by atoms with van der Waals surface area (Å²) in [7, 11) is 0. The van der Waals surface area contributed by atoms with Crippen molar-refractivity contribution in [1.82, 2.24) is 15.5 Å². The third-order valence-corrected chi connectivity index (χ3v) is 3.34. The first-order valence-electron chi connectivity index (χ1n) is 7.20. The molecule has 3 N–H and O–H groups in total.